The Bertz CT molecular complexity index is 1360. The molecule has 0 radical (unpaired) electrons. The van der Waals surface area contributed by atoms with Gasteiger partial charge in [0.2, 0.25) is 11.8 Å². The molecule has 40 heavy (non-hydrogen) atoms. The molecule has 1 aromatic carbocycles. The van der Waals surface area contributed by atoms with E-state index >= 15 is 0 Å². The van der Waals surface area contributed by atoms with Crippen molar-refractivity contribution in [2.24, 2.45) is 11.8 Å². The van der Waals surface area contributed by atoms with Crippen molar-refractivity contribution in [2.45, 2.75) is 43.9 Å². The van der Waals surface area contributed by atoms with Crippen molar-refractivity contribution < 1.29 is 47.0 Å². The number of piperidine rings is 1. The van der Waals surface area contributed by atoms with Gasteiger partial charge in [0, 0.05) is 28.9 Å². The summed E-state index contributed by atoms with van der Waals surface area (Å²) in [5.74, 6) is -5.03. The zero-order valence-electron chi connectivity index (χ0n) is 21.9. The van der Waals surface area contributed by atoms with Gasteiger partial charge in [-0.05, 0) is 49.9 Å². The van der Waals surface area contributed by atoms with E-state index in [9.17, 15) is 32.3 Å². The molecule has 3 unspecified atom stereocenters. The van der Waals surface area contributed by atoms with Gasteiger partial charge in [-0.3, -0.25) is 29.0 Å². The second-order valence-corrected chi connectivity index (χ2v) is 10.8. The molecule has 4 heterocycles. The number of thiophene rings is 1. The highest BCUT2D eigenvalue weighted by atomic mass is 32.1. The summed E-state index contributed by atoms with van der Waals surface area (Å²) >= 11 is 1.51. The van der Waals surface area contributed by atoms with Crippen molar-refractivity contribution in [1.82, 2.24) is 9.80 Å². The van der Waals surface area contributed by atoms with Crippen molar-refractivity contribution in [3.8, 4) is 10.4 Å². The number of alkyl halides is 3. The van der Waals surface area contributed by atoms with Gasteiger partial charge in [0.05, 0.1) is 18.9 Å². The number of ketones is 1. The van der Waals surface area contributed by atoms with Crippen LogP contribution in [0.2, 0.25) is 0 Å². The minimum Gasteiger partial charge on any atom is -0.475 e. The maximum Gasteiger partial charge on any atom is 0.490 e. The van der Waals surface area contributed by atoms with Crippen LogP contribution in [0.25, 0.3) is 10.4 Å². The lowest BCUT2D eigenvalue weighted by atomic mass is 9.75. The maximum atomic E-state index is 13.2. The van der Waals surface area contributed by atoms with E-state index in [4.69, 9.17) is 14.6 Å². The van der Waals surface area contributed by atoms with Crippen LogP contribution in [0.1, 0.15) is 48.1 Å². The molecule has 0 bridgehead atoms. The fourth-order valence-corrected chi connectivity index (χ4v) is 6.97. The standard InChI is InChI=1S/C25H26N2O5S.C2HF3O2/c1-14(28)17-12-18(33-13-17)15-6-8-16(9-7-15)21-19-20(23(30)26(2)22(19)29)25(24(31)32-3)10-4-5-11-27(21)25;3-2(4,5)1(6)7/h6-9,12-13,19-21H,4-5,10-11H2,1-3H3;(H,6,7)/t19?,20?,21?,25-;/m0./s1. The number of Topliss-reactive ketones (excluding diaryl/α,β-unsaturated/α-hetero) is 1. The van der Waals surface area contributed by atoms with Gasteiger partial charge < -0.3 is 9.84 Å². The topological polar surface area (TPSA) is 121 Å². The zero-order chi connectivity index (χ0) is 29.6. The Kier molecular flexibility index (Phi) is 7.92. The summed E-state index contributed by atoms with van der Waals surface area (Å²) in [5.41, 5.74) is 1.46. The molecule has 0 aliphatic carbocycles. The predicted octanol–water partition coefficient (Wildman–Crippen LogP) is 3.93. The first-order valence-electron chi connectivity index (χ1n) is 12.4. The molecule has 5 rings (SSSR count). The summed E-state index contributed by atoms with van der Waals surface area (Å²) in [6, 6.07) is 9.42. The van der Waals surface area contributed by atoms with Crippen molar-refractivity contribution >= 4 is 40.9 Å². The van der Waals surface area contributed by atoms with E-state index in [-0.39, 0.29) is 23.6 Å². The fraction of sp³-hybridized carbons (Fsp3) is 0.444. The molecule has 3 fully saturated rings. The largest absolute Gasteiger partial charge is 0.490 e. The Labute approximate surface area is 231 Å². The van der Waals surface area contributed by atoms with Crippen LogP contribution < -0.4 is 0 Å². The average molecular weight is 581 g/mol. The quantitative estimate of drug-likeness (QED) is 0.328. The Hall–Kier alpha value is -3.58. The highest BCUT2D eigenvalue weighted by molar-refractivity contribution is 7.13. The van der Waals surface area contributed by atoms with E-state index < -0.39 is 35.5 Å². The number of methoxy groups -OCH3 is 1. The Morgan fingerprint density at radius 2 is 1.73 bits per heavy atom. The average Bonchev–Trinajstić information content (AvgIpc) is 3.59. The van der Waals surface area contributed by atoms with Gasteiger partial charge in [0.1, 0.15) is 5.54 Å². The van der Waals surface area contributed by atoms with Gasteiger partial charge in [-0.25, -0.2) is 4.79 Å². The van der Waals surface area contributed by atoms with Crippen LogP contribution in [-0.2, 0) is 23.9 Å². The number of hydrogen-bond acceptors (Lipinski definition) is 8. The molecule has 3 saturated heterocycles. The third-order valence-electron chi connectivity index (χ3n) is 7.81. The number of carbonyl (C=O) groups is 5. The van der Waals surface area contributed by atoms with Crippen LogP contribution in [0.3, 0.4) is 0 Å². The number of halogens is 3. The fourth-order valence-electron chi connectivity index (χ4n) is 6.02. The number of ether oxygens (including phenoxy) is 1. The minimum atomic E-state index is -5.08. The number of carboxylic acid groups (broad SMARTS) is 1. The Morgan fingerprint density at radius 1 is 1.10 bits per heavy atom. The van der Waals surface area contributed by atoms with E-state index in [2.05, 4.69) is 4.90 Å². The summed E-state index contributed by atoms with van der Waals surface area (Å²) in [5, 5.41) is 8.98. The van der Waals surface area contributed by atoms with E-state index in [1.54, 1.807) is 6.92 Å². The van der Waals surface area contributed by atoms with Gasteiger partial charge in [-0.2, -0.15) is 13.2 Å². The number of carbonyl (C=O) groups excluding carboxylic acids is 4. The molecule has 3 aliphatic rings. The van der Waals surface area contributed by atoms with Crippen molar-refractivity contribution in [3.63, 3.8) is 0 Å². The number of rotatable bonds is 4. The maximum absolute atomic E-state index is 13.2. The number of fused-ring (bicyclic) bond motifs is 3. The summed E-state index contributed by atoms with van der Waals surface area (Å²) in [7, 11) is 2.85. The highest BCUT2D eigenvalue weighted by Crippen LogP contribution is 2.58. The Morgan fingerprint density at radius 3 is 2.25 bits per heavy atom. The van der Waals surface area contributed by atoms with Gasteiger partial charge in [-0.15, -0.1) is 11.3 Å². The van der Waals surface area contributed by atoms with Crippen molar-refractivity contribution in [1.29, 1.82) is 0 Å². The molecule has 13 heteroatoms. The summed E-state index contributed by atoms with van der Waals surface area (Å²) in [4.78, 5) is 64.4. The van der Waals surface area contributed by atoms with Crippen LogP contribution in [0, 0.1) is 11.8 Å². The zero-order valence-corrected chi connectivity index (χ0v) is 22.7. The monoisotopic (exact) mass is 580 g/mol. The molecule has 2 aromatic rings. The third kappa shape index (κ3) is 4.81. The smallest absolute Gasteiger partial charge is 0.475 e. The first-order valence-corrected chi connectivity index (χ1v) is 13.3. The number of imide groups is 1. The highest BCUT2D eigenvalue weighted by Gasteiger charge is 2.72. The second kappa shape index (κ2) is 10.8. The number of aliphatic carboxylic acids is 1. The van der Waals surface area contributed by atoms with Gasteiger partial charge in [0.15, 0.2) is 5.78 Å². The van der Waals surface area contributed by atoms with E-state index in [1.165, 1.54) is 30.4 Å². The molecule has 214 valence electrons. The SMILES string of the molecule is COC(=O)[C@@]12CCCCN1C(c1ccc(-c3cc(C(C)=O)cs3)cc1)C1C(=O)N(C)C(=O)C12.O=C(O)C(F)(F)F. The predicted molar refractivity (Wildman–Crippen MR) is 136 cm³/mol. The van der Waals surface area contributed by atoms with Crippen LogP contribution in [-0.4, -0.2) is 76.9 Å². The molecule has 0 saturated carbocycles. The van der Waals surface area contributed by atoms with Crippen LogP contribution in [0.15, 0.2) is 35.7 Å². The molecule has 4 atom stereocenters. The molecule has 2 amide bonds. The number of hydrogen-bond donors (Lipinski definition) is 1. The summed E-state index contributed by atoms with van der Waals surface area (Å²) in [6.07, 6.45) is -2.87. The number of amides is 2. The number of likely N-dealkylation sites (tertiary alicyclic amines) is 1. The normalized spacial score (nSPS) is 26.1. The van der Waals surface area contributed by atoms with Crippen molar-refractivity contribution in [3.05, 3.63) is 46.8 Å². The van der Waals surface area contributed by atoms with E-state index in [0.717, 1.165) is 28.8 Å². The Balaban J connectivity index is 0.000000470. The molecular weight excluding hydrogens is 553 g/mol. The van der Waals surface area contributed by atoms with Gasteiger partial charge in [0.25, 0.3) is 0 Å². The molecule has 9 nitrogen and oxygen atoms in total. The molecule has 1 N–H and O–H groups in total. The molecule has 1 aromatic heterocycles. The number of esters is 1. The van der Waals surface area contributed by atoms with Crippen LogP contribution >= 0.6 is 11.3 Å². The number of carboxylic acids is 1. The number of benzene rings is 1. The lowest BCUT2D eigenvalue weighted by molar-refractivity contribution is -0.192. The van der Waals surface area contributed by atoms with Crippen molar-refractivity contribution in [2.75, 3.05) is 20.7 Å². The lowest BCUT2D eigenvalue weighted by Gasteiger charge is -2.44. The van der Waals surface area contributed by atoms with Crippen LogP contribution in [0.4, 0.5) is 13.2 Å². The van der Waals surface area contributed by atoms with E-state index in [1.807, 2.05) is 35.7 Å². The minimum absolute atomic E-state index is 0.0314. The molecule has 3 aliphatic heterocycles. The third-order valence-corrected chi connectivity index (χ3v) is 8.78. The first kappa shape index (κ1) is 29.4. The molecule has 0 spiro atoms. The molecular formula is C27H27F3N2O7S. The summed E-state index contributed by atoms with van der Waals surface area (Å²) in [6.45, 7) is 2.18. The number of nitrogens with zero attached hydrogens (tertiary/aromatic N) is 2. The van der Waals surface area contributed by atoms with Crippen LogP contribution in [0.5, 0.6) is 0 Å². The second-order valence-electron chi connectivity index (χ2n) is 9.93. The lowest BCUT2D eigenvalue weighted by Crippen LogP contribution is -2.59. The summed E-state index contributed by atoms with van der Waals surface area (Å²) < 4.78 is 37.0. The van der Waals surface area contributed by atoms with E-state index in [0.29, 0.717) is 18.5 Å². The first-order chi connectivity index (χ1) is 18.7. The van der Waals surface area contributed by atoms with Gasteiger partial charge in [-0.1, -0.05) is 24.3 Å². The van der Waals surface area contributed by atoms with Gasteiger partial charge >= 0.3 is 18.1 Å².